The molecule has 0 amide bonds. The second-order valence-electron chi connectivity index (χ2n) is 9.42. The fraction of sp³-hybridized carbons (Fsp3) is 0.207. The Hall–Kier alpha value is -3.39. The molecule has 2 nitrogen and oxygen atoms in total. The van der Waals surface area contributed by atoms with Crippen molar-refractivity contribution in [3.05, 3.63) is 89.6 Å². The van der Waals surface area contributed by atoms with Gasteiger partial charge in [-0.3, -0.25) is 4.98 Å². The number of nitrogens with zero attached hydrogens (tertiary/aromatic N) is 1. The van der Waals surface area contributed by atoms with Crippen molar-refractivity contribution in [2.24, 2.45) is 0 Å². The van der Waals surface area contributed by atoms with Gasteiger partial charge in [-0.15, -0.1) is 0 Å². The smallest absolute Gasteiger partial charge is 0.144 e. The standard InChI is InChI=1S/C29H25NO/c1-17(2)21-16-23-26(18-10-5-6-13-22(18)29(23,3)4)28-25(21)20-12-9-11-19(27(20)31-28)24-14-7-8-15-30-24/h5-17H,1-4H3. The van der Waals surface area contributed by atoms with Gasteiger partial charge >= 0.3 is 0 Å². The van der Waals surface area contributed by atoms with Crippen LogP contribution < -0.4 is 0 Å². The maximum atomic E-state index is 6.78. The molecule has 0 unspecified atom stereocenters. The predicted molar refractivity (Wildman–Crippen MR) is 129 cm³/mol. The van der Waals surface area contributed by atoms with E-state index < -0.39 is 0 Å². The quantitative estimate of drug-likeness (QED) is 0.298. The number of hydrogen-bond donors (Lipinski definition) is 0. The molecule has 2 heteroatoms. The minimum absolute atomic E-state index is 0.0491. The van der Waals surface area contributed by atoms with Gasteiger partial charge < -0.3 is 4.42 Å². The van der Waals surface area contributed by atoms with Gasteiger partial charge in [0.15, 0.2) is 0 Å². The van der Waals surface area contributed by atoms with Gasteiger partial charge in [-0.1, -0.05) is 76.2 Å². The molecule has 3 aromatic carbocycles. The molecule has 0 fully saturated rings. The summed E-state index contributed by atoms with van der Waals surface area (Å²) in [5.41, 5.74) is 10.5. The summed E-state index contributed by atoms with van der Waals surface area (Å²) in [5, 5.41) is 2.42. The lowest BCUT2D eigenvalue weighted by Gasteiger charge is -2.22. The van der Waals surface area contributed by atoms with Crippen LogP contribution >= 0.6 is 0 Å². The van der Waals surface area contributed by atoms with Gasteiger partial charge in [-0.25, -0.2) is 0 Å². The summed E-state index contributed by atoms with van der Waals surface area (Å²) in [6.45, 7) is 9.21. The molecular weight excluding hydrogens is 378 g/mol. The molecule has 31 heavy (non-hydrogen) atoms. The van der Waals surface area contributed by atoms with Crippen LogP contribution in [0, 0.1) is 0 Å². The van der Waals surface area contributed by atoms with E-state index in [2.05, 4.69) is 81.2 Å². The lowest BCUT2D eigenvalue weighted by atomic mass is 9.80. The van der Waals surface area contributed by atoms with Crippen LogP contribution in [0.2, 0.25) is 0 Å². The second kappa shape index (κ2) is 6.31. The average Bonchev–Trinajstić information content (AvgIpc) is 3.27. The van der Waals surface area contributed by atoms with E-state index in [0.29, 0.717) is 5.92 Å². The van der Waals surface area contributed by atoms with E-state index >= 15 is 0 Å². The first-order chi connectivity index (χ1) is 15.0. The highest BCUT2D eigenvalue weighted by Crippen LogP contribution is 2.54. The van der Waals surface area contributed by atoms with Crippen LogP contribution in [0.4, 0.5) is 0 Å². The third-order valence-electron chi connectivity index (χ3n) is 6.91. The van der Waals surface area contributed by atoms with Crippen molar-refractivity contribution >= 4 is 21.9 Å². The lowest BCUT2D eigenvalue weighted by Crippen LogP contribution is -2.15. The van der Waals surface area contributed by atoms with E-state index in [4.69, 9.17) is 4.42 Å². The van der Waals surface area contributed by atoms with Gasteiger partial charge in [-0.05, 0) is 46.4 Å². The monoisotopic (exact) mass is 403 g/mol. The molecule has 0 bridgehead atoms. The predicted octanol–water partition coefficient (Wildman–Crippen LogP) is 8.08. The number of hydrogen-bond acceptors (Lipinski definition) is 2. The van der Waals surface area contributed by atoms with Gasteiger partial charge in [-0.2, -0.15) is 0 Å². The van der Waals surface area contributed by atoms with Gasteiger partial charge in [0.1, 0.15) is 11.2 Å². The Labute approximate surface area is 182 Å². The van der Waals surface area contributed by atoms with E-state index in [1.807, 2.05) is 24.4 Å². The summed E-state index contributed by atoms with van der Waals surface area (Å²) in [6, 6.07) is 23.7. The topological polar surface area (TPSA) is 26.0 Å². The number of para-hydroxylation sites is 1. The first kappa shape index (κ1) is 18.4. The Bertz CT molecular complexity index is 1470. The number of furan rings is 1. The van der Waals surface area contributed by atoms with Crippen molar-refractivity contribution < 1.29 is 4.42 Å². The Morgan fingerprint density at radius 3 is 2.35 bits per heavy atom. The van der Waals surface area contributed by atoms with Crippen LogP contribution in [0.25, 0.3) is 44.3 Å². The molecule has 1 aliphatic rings. The zero-order valence-corrected chi connectivity index (χ0v) is 18.4. The number of pyridine rings is 1. The van der Waals surface area contributed by atoms with Gasteiger partial charge in [0, 0.05) is 33.5 Å². The van der Waals surface area contributed by atoms with Crippen LogP contribution in [0.5, 0.6) is 0 Å². The molecular formula is C29H25NO. The fourth-order valence-corrected chi connectivity index (χ4v) is 5.33. The minimum Gasteiger partial charge on any atom is -0.455 e. The lowest BCUT2D eigenvalue weighted by molar-refractivity contribution is 0.651. The van der Waals surface area contributed by atoms with Crippen LogP contribution in [0.3, 0.4) is 0 Å². The third kappa shape index (κ3) is 2.42. The van der Waals surface area contributed by atoms with Crippen LogP contribution in [-0.2, 0) is 5.41 Å². The van der Waals surface area contributed by atoms with Crippen molar-refractivity contribution in [1.29, 1.82) is 0 Å². The van der Waals surface area contributed by atoms with Crippen molar-refractivity contribution in [2.45, 2.75) is 39.0 Å². The number of aromatic nitrogens is 1. The molecule has 2 heterocycles. The molecule has 0 aliphatic heterocycles. The Morgan fingerprint density at radius 2 is 1.58 bits per heavy atom. The SMILES string of the molecule is CC(C)c1cc2c(c3oc4c(-c5ccccn5)cccc4c13)-c1ccccc1C2(C)C. The summed E-state index contributed by atoms with van der Waals surface area (Å²) < 4.78 is 6.78. The second-order valence-corrected chi connectivity index (χ2v) is 9.42. The molecule has 0 radical (unpaired) electrons. The number of benzene rings is 3. The highest BCUT2D eigenvalue weighted by molar-refractivity contribution is 6.16. The summed E-state index contributed by atoms with van der Waals surface area (Å²) in [6.07, 6.45) is 1.84. The Morgan fingerprint density at radius 1 is 0.806 bits per heavy atom. The summed E-state index contributed by atoms with van der Waals surface area (Å²) in [7, 11) is 0. The van der Waals surface area contributed by atoms with Crippen LogP contribution in [0.15, 0.2) is 77.3 Å². The Balaban J connectivity index is 1.81. The van der Waals surface area contributed by atoms with E-state index in [-0.39, 0.29) is 5.41 Å². The largest absolute Gasteiger partial charge is 0.455 e. The van der Waals surface area contributed by atoms with Crippen molar-refractivity contribution in [3.63, 3.8) is 0 Å². The number of fused-ring (bicyclic) bond motifs is 7. The van der Waals surface area contributed by atoms with E-state index in [0.717, 1.165) is 22.4 Å². The maximum absolute atomic E-state index is 6.78. The Kier molecular flexibility index (Phi) is 3.74. The first-order valence-corrected chi connectivity index (χ1v) is 11.0. The maximum Gasteiger partial charge on any atom is 0.144 e. The third-order valence-corrected chi connectivity index (χ3v) is 6.91. The van der Waals surface area contributed by atoms with Crippen LogP contribution in [-0.4, -0.2) is 4.98 Å². The van der Waals surface area contributed by atoms with Crippen molar-refractivity contribution in [1.82, 2.24) is 4.98 Å². The summed E-state index contributed by atoms with van der Waals surface area (Å²) in [5.74, 6) is 0.395. The van der Waals surface area contributed by atoms with E-state index in [1.54, 1.807) is 0 Å². The molecule has 1 aliphatic carbocycles. The van der Waals surface area contributed by atoms with Gasteiger partial charge in [0.2, 0.25) is 0 Å². The fourth-order valence-electron chi connectivity index (χ4n) is 5.33. The molecule has 0 saturated carbocycles. The first-order valence-electron chi connectivity index (χ1n) is 11.0. The van der Waals surface area contributed by atoms with Crippen LogP contribution in [0.1, 0.15) is 50.3 Å². The van der Waals surface area contributed by atoms with Gasteiger partial charge in [0.05, 0.1) is 5.69 Å². The highest BCUT2D eigenvalue weighted by Gasteiger charge is 2.38. The normalized spacial score (nSPS) is 14.4. The van der Waals surface area contributed by atoms with E-state index in [1.165, 1.54) is 38.6 Å². The zero-order valence-electron chi connectivity index (χ0n) is 18.4. The molecule has 152 valence electrons. The van der Waals surface area contributed by atoms with Gasteiger partial charge in [0.25, 0.3) is 0 Å². The molecule has 0 N–H and O–H groups in total. The van der Waals surface area contributed by atoms with E-state index in [9.17, 15) is 0 Å². The molecule has 0 atom stereocenters. The molecule has 0 saturated heterocycles. The highest BCUT2D eigenvalue weighted by atomic mass is 16.3. The average molecular weight is 404 g/mol. The summed E-state index contributed by atoms with van der Waals surface area (Å²) >= 11 is 0. The summed E-state index contributed by atoms with van der Waals surface area (Å²) in [4.78, 5) is 4.60. The zero-order chi connectivity index (χ0) is 21.3. The molecule has 6 rings (SSSR count). The number of rotatable bonds is 2. The molecule has 2 aromatic heterocycles. The van der Waals surface area contributed by atoms with Crippen molar-refractivity contribution in [3.8, 4) is 22.4 Å². The molecule has 5 aromatic rings. The molecule has 0 spiro atoms. The van der Waals surface area contributed by atoms with Crippen molar-refractivity contribution in [2.75, 3.05) is 0 Å². The minimum atomic E-state index is -0.0491.